The topological polar surface area (TPSA) is 21.3 Å². The number of anilines is 1. The molecule has 0 radical (unpaired) electrons. The van der Waals surface area contributed by atoms with E-state index in [1.54, 1.807) is 19.2 Å². The molecular formula is C14H12Br2FNO. The van der Waals surface area contributed by atoms with Crippen molar-refractivity contribution in [2.45, 2.75) is 6.54 Å². The van der Waals surface area contributed by atoms with Gasteiger partial charge in [-0.1, -0.05) is 12.1 Å². The molecule has 5 heteroatoms. The summed E-state index contributed by atoms with van der Waals surface area (Å²) in [6.45, 7) is 0.530. The summed E-state index contributed by atoms with van der Waals surface area (Å²) in [5.74, 6) is 0.498. The molecular weight excluding hydrogens is 377 g/mol. The summed E-state index contributed by atoms with van der Waals surface area (Å²) in [7, 11) is 1.62. The van der Waals surface area contributed by atoms with E-state index < -0.39 is 0 Å². The van der Waals surface area contributed by atoms with Crippen molar-refractivity contribution in [3.63, 3.8) is 0 Å². The van der Waals surface area contributed by atoms with Crippen molar-refractivity contribution in [1.29, 1.82) is 0 Å². The molecule has 0 aliphatic carbocycles. The fraction of sp³-hybridized carbons (Fsp3) is 0.143. The predicted octanol–water partition coefficient (Wildman–Crippen LogP) is 4.97. The molecule has 0 unspecified atom stereocenters. The quantitative estimate of drug-likeness (QED) is 0.798. The van der Waals surface area contributed by atoms with Crippen LogP contribution in [0.15, 0.2) is 45.3 Å². The zero-order valence-electron chi connectivity index (χ0n) is 10.2. The van der Waals surface area contributed by atoms with E-state index in [4.69, 9.17) is 4.74 Å². The highest BCUT2D eigenvalue weighted by Crippen LogP contribution is 2.28. The number of ether oxygens (including phenoxy) is 1. The Kier molecular flexibility index (Phi) is 4.82. The van der Waals surface area contributed by atoms with Crippen LogP contribution in [0.2, 0.25) is 0 Å². The predicted molar refractivity (Wildman–Crippen MR) is 82.1 cm³/mol. The van der Waals surface area contributed by atoms with E-state index in [1.807, 2.05) is 18.2 Å². The minimum atomic E-state index is -0.276. The lowest BCUT2D eigenvalue weighted by molar-refractivity contribution is 0.412. The second-order valence-corrected chi connectivity index (χ2v) is 5.63. The average Bonchev–Trinajstić information content (AvgIpc) is 2.38. The van der Waals surface area contributed by atoms with Gasteiger partial charge < -0.3 is 10.1 Å². The van der Waals surface area contributed by atoms with Crippen molar-refractivity contribution >= 4 is 37.5 Å². The van der Waals surface area contributed by atoms with Gasteiger partial charge in [0.25, 0.3) is 0 Å². The van der Waals surface area contributed by atoms with E-state index in [2.05, 4.69) is 37.2 Å². The maximum atomic E-state index is 13.6. The van der Waals surface area contributed by atoms with Crippen molar-refractivity contribution in [2.75, 3.05) is 12.4 Å². The van der Waals surface area contributed by atoms with Crippen molar-refractivity contribution < 1.29 is 9.13 Å². The molecule has 0 spiro atoms. The van der Waals surface area contributed by atoms with Crippen molar-refractivity contribution in [1.82, 2.24) is 0 Å². The molecule has 2 rings (SSSR count). The molecule has 100 valence electrons. The first kappa shape index (κ1) is 14.3. The van der Waals surface area contributed by atoms with Gasteiger partial charge in [0.2, 0.25) is 0 Å². The third kappa shape index (κ3) is 3.48. The Morgan fingerprint density at radius 1 is 1.16 bits per heavy atom. The van der Waals surface area contributed by atoms with Gasteiger partial charge in [0.1, 0.15) is 11.6 Å². The number of hydrogen-bond donors (Lipinski definition) is 1. The standard InChI is InChI=1S/C14H12Br2FNO/c1-19-13-6-5-9(7-11(13)16)8-18-14-10(15)3-2-4-12(14)17/h2-7,18H,8H2,1H3. The average molecular weight is 389 g/mol. The molecule has 0 bridgehead atoms. The van der Waals surface area contributed by atoms with Gasteiger partial charge in [-0.15, -0.1) is 0 Å². The minimum Gasteiger partial charge on any atom is -0.496 e. The summed E-state index contributed by atoms with van der Waals surface area (Å²) in [6.07, 6.45) is 0. The van der Waals surface area contributed by atoms with Gasteiger partial charge in [0, 0.05) is 11.0 Å². The fourth-order valence-corrected chi connectivity index (χ4v) is 2.75. The third-order valence-electron chi connectivity index (χ3n) is 2.65. The molecule has 0 aliphatic heterocycles. The van der Waals surface area contributed by atoms with Gasteiger partial charge in [-0.3, -0.25) is 0 Å². The highest BCUT2D eigenvalue weighted by Gasteiger charge is 2.06. The summed E-state index contributed by atoms with van der Waals surface area (Å²) in [5.41, 5.74) is 1.50. The van der Waals surface area contributed by atoms with Crippen LogP contribution in [0.25, 0.3) is 0 Å². The Hall–Kier alpha value is -1.07. The normalized spacial score (nSPS) is 10.3. The Balaban J connectivity index is 2.13. The smallest absolute Gasteiger partial charge is 0.147 e. The number of methoxy groups -OCH3 is 1. The molecule has 0 atom stereocenters. The van der Waals surface area contributed by atoms with Crippen LogP contribution in [0.4, 0.5) is 10.1 Å². The van der Waals surface area contributed by atoms with E-state index in [9.17, 15) is 4.39 Å². The fourth-order valence-electron chi connectivity index (χ4n) is 1.68. The second-order valence-electron chi connectivity index (χ2n) is 3.92. The molecule has 0 aromatic heterocycles. The Labute approximate surface area is 128 Å². The highest BCUT2D eigenvalue weighted by molar-refractivity contribution is 9.11. The number of rotatable bonds is 4. The molecule has 2 nitrogen and oxygen atoms in total. The third-order valence-corrected chi connectivity index (χ3v) is 3.93. The van der Waals surface area contributed by atoms with Crippen molar-refractivity contribution in [3.8, 4) is 5.75 Å². The van der Waals surface area contributed by atoms with Gasteiger partial charge in [0.05, 0.1) is 17.3 Å². The largest absolute Gasteiger partial charge is 0.496 e. The van der Waals surface area contributed by atoms with E-state index in [0.29, 0.717) is 16.7 Å². The number of nitrogens with one attached hydrogen (secondary N) is 1. The van der Waals surface area contributed by atoms with Crippen molar-refractivity contribution in [3.05, 3.63) is 56.7 Å². The van der Waals surface area contributed by atoms with Crippen LogP contribution in [-0.2, 0) is 6.54 Å². The summed E-state index contributed by atoms with van der Waals surface area (Å²) in [4.78, 5) is 0. The van der Waals surface area contributed by atoms with Crippen LogP contribution in [0.3, 0.4) is 0 Å². The molecule has 0 saturated carbocycles. The maximum absolute atomic E-state index is 13.6. The van der Waals surface area contributed by atoms with Crippen LogP contribution < -0.4 is 10.1 Å². The van der Waals surface area contributed by atoms with Crippen LogP contribution in [0.1, 0.15) is 5.56 Å². The second kappa shape index (κ2) is 6.39. The molecule has 0 aliphatic rings. The summed E-state index contributed by atoms with van der Waals surface area (Å²) in [6, 6.07) is 10.6. The van der Waals surface area contributed by atoms with Gasteiger partial charge in [-0.05, 0) is 61.7 Å². The van der Waals surface area contributed by atoms with Crippen LogP contribution in [0, 0.1) is 5.82 Å². The van der Waals surface area contributed by atoms with E-state index in [-0.39, 0.29) is 5.82 Å². The number of halogens is 3. The first-order valence-corrected chi connectivity index (χ1v) is 7.20. The van der Waals surface area contributed by atoms with Gasteiger partial charge in [-0.2, -0.15) is 0 Å². The van der Waals surface area contributed by atoms with Gasteiger partial charge in [0.15, 0.2) is 0 Å². The molecule has 19 heavy (non-hydrogen) atoms. The summed E-state index contributed by atoms with van der Waals surface area (Å²) in [5, 5.41) is 3.08. The van der Waals surface area contributed by atoms with E-state index in [0.717, 1.165) is 15.8 Å². The maximum Gasteiger partial charge on any atom is 0.147 e. The lowest BCUT2D eigenvalue weighted by atomic mass is 10.2. The Morgan fingerprint density at radius 3 is 2.58 bits per heavy atom. The minimum absolute atomic E-state index is 0.276. The van der Waals surface area contributed by atoms with Crippen LogP contribution >= 0.6 is 31.9 Å². The monoisotopic (exact) mass is 387 g/mol. The Bertz CT molecular complexity index is 569. The van der Waals surface area contributed by atoms with Gasteiger partial charge >= 0.3 is 0 Å². The summed E-state index contributed by atoms with van der Waals surface area (Å²) >= 11 is 6.75. The SMILES string of the molecule is COc1ccc(CNc2c(F)cccc2Br)cc1Br. The number of para-hydroxylation sites is 1. The first-order valence-electron chi connectivity index (χ1n) is 5.62. The molecule has 0 fully saturated rings. The Morgan fingerprint density at radius 2 is 1.95 bits per heavy atom. The number of hydrogen-bond acceptors (Lipinski definition) is 2. The summed E-state index contributed by atoms with van der Waals surface area (Å²) < 4.78 is 20.4. The molecule has 0 heterocycles. The van der Waals surface area contributed by atoms with Crippen LogP contribution in [-0.4, -0.2) is 7.11 Å². The molecule has 0 amide bonds. The molecule has 2 aromatic rings. The van der Waals surface area contributed by atoms with Gasteiger partial charge in [-0.25, -0.2) is 4.39 Å². The molecule has 1 N–H and O–H groups in total. The molecule has 2 aromatic carbocycles. The zero-order valence-corrected chi connectivity index (χ0v) is 13.4. The van der Waals surface area contributed by atoms with Crippen molar-refractivity contribution in [2.24, 2.45) is 0 Å². The molecule has 0 saturated heterocycles. The highest BCUT2D eigenvalue weighted by atomic mass is 79.9. The zero-order chi connectivity index (χ0) is 13.8. The van der Waals surface area contributed by atoms with E-state index >= 15 is 0 Å². The van der Waals surface area contributed by atoms with E-state index in [1.165, 1.54) is 6.07 Å². The lowest BCUT2D eigenvalue weighted by Crippen LogP contribution is -2.02. The lowest BCUT2D eigenvalue weighted by Gasteiger charge is -2.11. The number of benzene rings is 2. The first-order chi connectivity index (χ1) is 9.11. The van der Waals surface area contributed by atoms with Crippen LogP contribution in [0.5, 0.6) is 5.75 Å².